The fourth-order valence-corrected chi connectivity index (χ4v) is 2.08. The standard InChI is InChI=1S/C12H8N4S/c13-11-10-6-8(16-12(10)15-7-14-11)3-4-9-2-1-5-17-9/h1-2,5-7H,(H3,13,14,15,16). The van der Waals surface area contributed by atoms with Gasteiger partial charge >= 0.3 is 0 Å². The van der Waals surface area contributed by atoms with Crippen LogP contribution in [0.15, 0.2) is 29.9 Å². The average molecular weight is 240 g/mol. The molecule has 3 heterocycles. The van der Waals surface area contributed by atoms with Crippen molar-refractivity contribution < 1.29 is 0 Å². The van der Waals surface area contributed by atoms with Gasteiger partial charge in [-0.15, -0.1) is 11.3 Å². The van der Waals surface area contributed by atoms with E-state index in [0.29, 0.717) is 11.5 Å². The molecule has 4 nitrogen and oxygen atoms in total. The van der Waals surface area contributed by atoms with Crippen LogP contribution in [-0.2, 0) is 0 Å². The van der Waals surface area contributed by atoms with Gasteiger partial charge in [-0.05, 0) is 29.4 Å². The van der Waals surface area contributed by atoms with E-state index in [1.807, 2.05) is 23.6 Å². The van der Waals surface area contributed by atoms with Gasteiger partial charge in [0.2, 0.25) is 0 Å². The molecule has 3 aromatic rings. The van der Waals surface area contributed by atoms with E-state index in [0.717, 1.165) is 16.0 Å². The minimum atomic E-state index is 0.468. The van der Waals surface area contributed by atoms with E-state index in [-0.39, 0.29) is 0 Å². The summed E-state index contributed by atoms with van der Waals surface area (Å²) in [7, 11) is 0. The van der Waals surface area contributed by atoms with E-state index in [4.69, 9.17) is 5.73 Å². The Labute approximate surface area is 102 Å². The smallest absolute Gasteiger partial charge is 0.143 e. The molecular formula is C12H8N4S. The van der Waals surface area contributed by atoms with Crippen LogP contribution in [0.25, 0.3) is 11.0 Å². The van der Waals surface area contributed by atoms with Crippen LogP contribution in [0.5, 0.6) is 0 Å². The van der Waals surface area contributed by atoms with Gasteiger partial charge in [-0.3, -0.25) is 0 Å². The van der Waals surface area contributed by atoms with Gasteiger partial charge in [-0.25, -0.2) is 9.97 Å². The number of H-pyrrole nitrogens is 1. The summed E-state index contributed by atoms with van der Waals surface area (Å²) in [5.41, 5.74) is 7.25. The average Bonchev–Trinajstić information content (AvgIpc) is 2.95. The van der Waals surface area contributed by atoms with Crippen molar-refractivity contribution in [2.45, 2.75) is 0 Å². The first-order valence-corrected chi connectivity index (χ1v) is 5.85. The molecule has 0 radical (unpaired) electrons. The van der Waals surface area contributed by atoms with Gasteiger partial charge in [0.15, 0.2) is 0 Å². The molecule has 0 aromatic carbocycles. The van der Waals surface area contributed by atoms with Crippen LogP contribution in [0, 0.1) is 11.8 Å². The lowest BCUT2D eigenvalue weighted by molar-refractivity contribution is 1.20. The molecule has 0 atom stereocenters. The quantitative estimate of drug-likeness (QED) is 0.590. The van der Waals surface area contributed by atoms with E-state index in [9.17, 15) is 0 Å². The number of hydrogen-bond acceptors (Lipinski definition) is 4. The van der Waals surface area contributed by atoms with Gasteiger partial charge in [0.05, 0.1) is 16.0 Å². The maximum absolute atomic E-state index is 5.74. The van der Waals surface area contributed by atoms with Crippen molar-refractivity contribution >= 4 is 28.2 Å². The molecule has 17 heavy (non-hydrogen) atoms. The minimum absolute atomic E-state index is 0.468. The Morgan fingerprint density at radius 2 is 2.24 bits per heavy atom. The lowest BCUT2D eigenvalue weighted by Crippen LogP contribution is -1.90. The van der Waals surface area contributed by atoms with Gasteiger partial charge < -0.3 is 10.7 Å². The molecule has 0 saturated carbocycles. The van der Waals surface area contributed by atoms with Gasteiger partial charge in [-0.1, -0.05) is 6.07 Å². The van der Waals surface area contributed by atoms with E-state index in [2.05, 4.69) is 26.8 Å². The zero-order chi connectivity index (χ0) is 11.7. The third kappa shape index (κ3) is 1.86. The molecule has 0 bridgehead atoms. The molecule has 0 aliphatic carbocycles. The molecule has 3 aromatic heterocycles. The van der Waals surface area contributed by atoms with Crippen molar-refractivity contribution in [1.82, 2.24) is 15.0 Å². The molecule has 0 fully saturated rings. The Balaban J connectivity index is 2.05. The zero-order valence-electron chi connectivity index (χ0n) is 8.77. The fraction of sp³-hybridized carbons (Fsp3) is 0. The molecule has 0 unspecified atom stereocenters. The largest absolute Gasteiger partial charge is 0.383 e. The molecule has 0 saturated heterocycles. The van der Waals surface area contributed by atoms with Gasteiger partial charge in [-0.2, -0.15) is 0 Å². The third-order valence-electron chi connectivity index (χ3n) is 2.30. The van der Waals surface area contributed by atoms with Crippen LogP contribution in [0.4, 0.5) is 5.82 Å². The summed E-state index contributed by atoms with van der Waals surface area (Å²) in [5.74, 6) is 6.58. The maximum atomic E-state index is 5.74. The summed E-state index contributed by atoms with van der Waals surface area (Å²) in [6.45, 7) is 0. The van der Waals surface area contributed by atoms with Gasteiger partial charge in [0.1, 0.15) is 17.8 Å². The Bertz CT molecular complexity index is 716. The molecule has 0 aliphatic rings. The van der Waals surface area contributed by atoms with Crippen molar-refractivity contribution in [3.05, 3.63) is 40.5 Å². The zero-order valence-corrected chi connectivity index (χ0v) is 9.58. The van der Waals surface area contributed by atoms with Crippen LogP contribution in [-0.4, -0.2) is 15.0 Å². The lowest BCUT2D eigenvalue weighted by Gasteiger charge is -1.90. The van der Waals surface area contributed by atoms with Crippen molar-refractivity contribution in [2.75, 3.05) is 5.73 Å². The van der Waals surface area contributed by atoms with E-state index >= 15 is 0 Å². The first-order chi connectivity index (χ1) is 8.33. The minimum Gasteiger partial charge on any atom is -0.383 e. The lowest BCUT2D eigenvalue weighted by atomic mass is 10.3. The highest BCUT2D eigenvalue weighted by Crippen LogP contribution is 2.17. The molecular weight excluding hydrogens is 232 g/mol. The second-order valence-corrected chi connectivity index (χ2v) is 4.38. The molecule has 3 N–H and O–H groups in total. The number of aromatic nitrogens is 3. The highest BCUT2D eigenvalue weighted by atomic mass is 32.1. The molecule has 0 aliphatic heterocycles. The number of aromatic amines is 1. The predicted molar refractivity (Wildman–Crippen MR) is 68.6 cm³/mol. The number of thiophene rings is 1. The summed E-state index contributed by atoms with van der Waals surface area (Å²) in [6.07, 6.45) is 1.44. The highest BCUT2D eigenvalue weighted by molar-refractivity contribution is 7.10. The summed E-state index contributed by atoms with van der Waals surface area (Å²) >= 11 is 1.61. The first kappa shape index (κ1) is 9.87. The van der Waals surface area contributed by atoms with Crippen LogP contribution in [0.1, 0.15) is 10.6 Å². The normalized spacial score (nSPS) is 10.1. The van der Waals surface area contributed by atoms with Crippen LogP contribution >= 0.6 is 11.3 Å². The molecule has 5 heteroatoms. The second-order valence-electron chi connectivity index (χ2n) is 3.43. The van der Waals surface area contributed by atoms with Crippen LogP contribution in [0.3, 0.4) is 0 Å². The summed E-state index contributed by atoms with van der Waals surface area (Å²) in [4.78, 5) is 12.2. The SMILES string of the molecule is Nc1ncnc2[nH]c(C#Cc3cccs3)cc12. The number of hydrogen-bond donors (Lipinski definition) is 2. The van der Waals surface area contributed by atoms with E-state index in [1.165, 1.54) is 6.33 Å². The Hall–Kier alpha value is -2.32. The van der Waals surface area contributed by atoms with Crippen molar-refractivity contribution in [2.24, 2.45) is 0 Å². The van der Waals surface area contributed by atoms with Crippen LogP contribution in [0.2, 0.25) is 0 Å². The van der Waals surface area contributed by atoms with Crippen molar-refractivity contribution in [1.29, 1.82) is 0 Å². The number of nitrogens with zero attached hydrogens (tertiary/aromatic N) is 2. The van der Waals surface area contributed by atoms with E-state index in [1.54, 1.807) is 11.3 Å². The molecule has 0 spiro atoms. The monoisotopic (exact) mass is 240 g/mol. The maximum Gasteiger partial charge on any atom is 0.143 e. The Morgan fingerprint density at radius 1 is 1.29 bits per heavy atom. The number of rotatable bonds is 0. The molecule has 82 valence electrons. The Morgan fingerprint density at radius 3 is 3.00 bits per heavy atom. The highest BCUT2D eigenvalue weighted by Gasteiger charge is 2.03. The Kier molecular flexibility index (Phi) is 2.28. The number of anilines is 1. The summed E-state index contributed by atoms with van der Waals surface area (Å²) in [6, 6.07) is 5.82. The van der Waals surface area contributed by atoms with Crippen LogP contribution < -0.4 is 5.73 Å². The first-order valence-electron chi connectivity index (χ1n) is 4.97. The second kappa shape index (κ2) is 3.92. The van der Waals surface area contributed by atoms with Crippen molar-refractivity contribution in [3.63, 3.8) is 0 Å². The summed E-state index contributed by atoms with van der Waals surface area (Å²) in [5, 5.41) is 2.81. The van der Waals surface area contributed by atoms with Gasteiger partial charge in [0.25, 0.3) is 0 Å². The molecule has 3 rings (SSSR count). The topological polar surface area (TPSA) is 67.6 Å². The third-order valence-corrected chi connectivity index (χ3v) is 3.08. The number of nitrogens with one attached hydrogen (secondary N) is 1. The number of nitrogens with two attached hydrogens (primary N) is 1. The fourth-order valence-electron chi connectivity index (χ4n) is 1.51. The predicted octanol–water partition coefficient (Wildman–Crippen LogP) is 2.00. The van der Waals surface area contributed by atoms with Crippen molar-refractivity contribution in [3.8, 4) is 11.8 Å². The number of nitrogen functional groups attached to an aromatic ring is 1. The number of fused-ring (bicyclic) bond motifs is 1. The van der Waals surface area contributed by atoms with E-state index < -0.39 is 0 Å². The molecule has 0 amide bonds. The van der Waals surface area contributed by atoms with Gasteiger partial charge in [0, 0.05) is 0 Å². The summed E-state index contributed by atoms with van der Waals surface area (Å²) < 4.78 is 0.